The molecule has 3 atom stereocenters. The van der Waals surface area contributed by atoms with Crippen LogP contribution in [0.2, 0.25) is 0 Å². The molecule has 2 aromatic rings. The van der Waals surface area contributed by atoms with Gasteiger partial charge in [0.2, 0.25) is 11.8 Å². The molecule has 2 aliphatic heterocycles. The van der Waals surface area contributed by atoms with Crippen molar-refractivity contribution in [2.45, 2.75) is 24.4 Å². The van der Waals surface area contributed by atoms with Gasteiger partial charge < -0.3 is 14.9 Å². The van der Waals surface area contributed by atoms with Crippen molar-refractivity contribution in [3.63, 3.8) is 0 Å². The molecule has 2 fully saturated rings. The van der Waals surface area contributed by atoms with Crippen molar-refractivity contribution in [1.29, 1.82) is 0 Å². The standard InChI is InChI=1S/C21H21BrN2O3/c22-16-8-6-15(7-9-16)21-17-11-23(12-20(27)24(17)18(21)13-25)19(26)10-14-4-2-1-3-5-14/h1-9,17-18,21,25H,10-13H2/t17-,18+,21-/m0/s1. The third-order valence-corrected chi connectivity index (χ3v) is 6.09. The predicted octanol–water partition coefficient (Wildman–Crippen LogP) is 2.19. The minimum Gasteiger partial charge on any atom is -0.394 e. The number of aliphatic hydroxyl groups excluding tert-OH is 1. The number of carbonyl (C=O) groups is 2. The lowest BCUT2D eigenvalue weighted by molar-refractivity contribution is -0.166. The normalized spacial score (nSPS) is 24.4. The molecular weight excluding hydrogens is 408 g/mol. The van der Waals surface area contributed by atoms with E-state index >= 15 is 0 Å². The minimum atomic E-state index is -0.213. The first-order valence-corrected chi connectivity index (χ1v) is 9.87. The average Bonchev–Trinajstić information content (AvgIpc) is 2.65. The van der Waals surface area contributed by atoms with Crippen LogP contribution in [0.4, 0.5) is 0 Å². The Morgan fingerprint density at radius 2 is 1.81 bits per heavy atom. The Hall–Kier alpha value is -2.18. The molecule has 27 heavy (non-hydrogen) atoms. The lowest BCUT2D eigenvalue weighted by Gasteiger charge is -2.58. The Balaban J connectivity index is 1.52. The lowest BCUT2D eigenvalue weighted by atomic mass is 9.73. The van der Waals surface area contributed by atoms with Crippen molar-refractivity contribution < 1.29 is 14.7 Å². The molecule has 5 nitrogen and oxygen atoms in total. The maximum Gasteiger partial charge on any atom is 0.242 e. The molecule has 0 saturated carbocycles. The van der Waals surface area contributed by atoms with Crippen molar-refractivity contribution in [1.82, 2.24) is 9.80 Å². The Kier molecular flexibility index (Phi) is 5.02. The Morgan fingerprint density at radius 1 is 1.11 bits per heavy atom. The molecular formula is C21H21BrN2O3. The first-order chi connectivity index (χ1) is 13.1. The summed E-state index contributed by atoms with van der Waals surface area (Å²) in [6.07, 6.45) is 0.299. The van der Waals surface area contributed by atoms with Crippen molar-refractivity contribution in [2.75, 3.05) is 19.7 Å². The maximum absolute atomic E-state index is 12.7. The van der Waals surface area contributed by atoms with E-state index in [1.807, 2.05) is 54.6 Å². The van der Waals surface area contributed by atoms with Crippen LogP contribution in [-0.4, -0.2) is 58.5 Å². The fourth-order valence-electron chi connectivity index (χ4n) is 4.26. The van der Waals surface area contributed by atoms with Gasteiger partial charge in [0.15, 0.2) is 0 Å². The van der Waals surface area contributed by atoms with E-state index in [0.717, 1.165) is 15.6 Å². The second-order valence-electron chi connectivity index (χ2n) is 7.13. The fourth-order valence-corrected chi connectivity index (χ4v) is 4.52. The molecule has 2 heterocycles. The number of hydrogen-bond donors (Lipinski definition) is 1. The summed E-state index contributed by atoms with van der Waals surface area (Å²) in [7, 11) is 0. The summed E-state index contributed by atoms with van der Waals surface area (Å²) in [4.78, 5) is 28.8. The van der Waals surface area contributed by atoms with E-state index in [9.17, 15) is 14.7 Å². The maximum atomic E-state index is 12.7. The van der Waals surface area contributed by atoms with E-state index in [1.54, 1.807) is 9.80 Å². The molecule has 2 aliphatic rings. The van der Waals surface area contributed by atoms with E-state index in [0.29, 0.717) is 13.0 Å². The van der Waals surface area contributed by atoms with Crippen LogP contribution in [0.1, 0.15) is 17.0 Å². The molecule has 0 bridgehead atoms. The summed E-state index contributed by atoms with van der Waals surface area (Å²) in [6.45, 7) is 0.529. The van der Waals surface area contributed by atoms with E-state index in [2.05, 4.69) is 15.9 Å². The number of hydrogen-bond acceptors (Lipinski definition) is 3. The zero-order valence-corrected chi connectivity index (χ0v) is 16.4. The molecule has 2 saturated heterocycles. The molecule has 0 aromatic heterocycles. The van der Waals surface area contributed by atoms with E-state index in [4.69, 9.17) is 0 Å². The number of nitrogens with zero attached hydrogens (tertiary/aromatic N) is 2. The van der Waals surface area contributed by atoms with Gasteiger partial charge in [0.25, 0.3) is 0 Å². The highest BCUT2D eigenvalue weighted by Gasteiger charge is 2.54. The summed E-state index contributed by atoms with van der Waals surface area (Å²) in [5.41, 5.74) is 2.03. The van der Waals surface area contributed by atoms with Gasteiger partial charge in [0.05, 0.1) is 31.7 Å². The zero-order chi connectivity index (χ0) is 19.0. The fraction of sp³-hybridized carbons (Fsp3) is 0.333. The van der Waals surface area contributed by atoms with Crippen LogP contribution in [0, 0.1) is 0 Å². The van der Waals surface area contributed by atoms with Crippen molar-refractivity contribution in [3.05, 3.63) is 70.2 Å². The third kappa shape index (κ3) is 3.39. The van der Waals surface area contributed by atoms with Gasteiger partial charge >= 0.3 is 0 Å². The highest BCUT2D eigenvalue weighted by atomic mass is 79.9. The van der Waals surface area contributed by atoms with Gasteiger partial charge in [-0.15, -0.1) is 0 Å². The van der Waals surface area contributed by atoms with Crippen LogP contribution < -0.4 is 0 Å². The van der Waals surface area contributed by atoms with Gasteiger partial charge in [-0.3, -0.25) is 9.59 Å². The van der Waals surface area contributed by atoms with Gasteiger partial charge in [0.1, 0.15) is 0 Å². The number of piperazine rings is 1. The van der Waals surface area contributed by atoms with Gasteiger partial charge in [-0.1, -0.05) is 58.4 Å². The number of amides is 2. The van der Waals surface area contributed by atoms with E-state index < -0.39 is 0 Å². The average molecular weight is 429 g/mol. The van der Waals surface area contributed by atoms with Gasteiger partial charge in [-0.05, 0) is 23.3 Å². The van der Waals surface area contributed by atoms with Crippen molar-refractivity contribution in [2.24, 2.45) is 0 Å². The van der Waals surface area contributed by atoms with E-state index in [-0.39, 0.29) is 43.0 Å². The summed E-state index contributed by atoms with van der Waals surface area (Å²) in [6, 6.07) is 17.3. The predicted molar refractivity (Wildman–Crippen MR) is 105 cm³/mol. The first kappa shape index (κ1) is 18.2. The summed E-state index contributed by atoms with van der Waals surface area (Å²) in [5, 5.41) is 9.82. The number of aliphatic hydroxyl groups is 1. The first-order valence-electron chi connectivity index (χ1n) is 9.07. The molecule has 6 heteroatoms. The third-order valence-electron chi connectivity index (χ3n) is 5.56. The molecule has 140 valence electrons. The van der Waals surface area contributed by atoms with Gasteiger partial charge in [-0.2, -0.15) is 0 Å². The Morgan fingerprint density at radius 3 is 2.48 bits per heavy atom. The van der Waals surface area contributed by atoms with Gasteiger partial charge in [0, 0.05) is 16.9 Å². The van der Waals surface area contributed by atoms with Gasteiger partial charge in [-0.25, -0.2) is 0 Å². The molecule has 1 N–H and O–H groups in total. The quantitative estimate of drug-likeness (QED) is 0.811. The van der Waals surface area contributed by atoms with Crippen LogP contribution in [-0.2, 0) is 16.0 Å². The Bertz CT molecular complexity index is 840. The molecule has 2 aromatic carbocycles. The van der Waals surface area contributed by atoms with Crippen molar-refractivity contribution >= 4 is 27.7 Å². The van der Waals surface area contributed by atoms with Crippen LogP contribution in [0.25, 0.3) is 0 Å². The number of fused-ring (bicyclic) bond motifs is 1. The number of carbonyl (C=O) groups excluding carboxylic acids is 2. The second-order valence-corrected chi connectivity index (χ2v) is 8.05. The lowest BCUT2D eigenvalue weighted by Crippen LogP contribution is -2.73. The van der Waals surface area contributed by atoms with Crippen LogP contribution in [0.3, 0.4) is 0 Å². The van der Waals surface area contributed by atoms with E-state index in [1.165, 1.54) is 0 Å². The number of rotatable bonds is 4. The number of benzene rings is 2. The largest absolute Gasteiger partial charge is 0.394 e. The highest BCUT2D eigenvalue weighted by molar-refractivity contribution is 9.10. The van der Waals surface area contributed by atoms with Crippen LogP contribution in [0.15, 0.2) is 59.1 Å². The zero-order valence-electron chi connectivity index (χ0n) is 14.8. The Labute approximate surface area is 166 Å². The molecule has 0 aliphatic carbocycles. The monoisotopic (exact) mass is 428 g/mol. The SMILES string of the molecule is O=C(Cc1ccccc1)N1CC(=O)N2[C@H](CO)[C@@H](c3ccc(Br)cc3)[C@@H]2C1. The number of halogens is 1. The smallest absolute Gasteiger partial charge is 0.242 e. The summed E-state index contributed by atoms with van der Waals surface area (Å²) < 4.78 is 0.988. The second kappa shape index (κ2) is 7.44. The van der Waals surface area contributed by atoms with Crippen LogP contribution in [0.5, 0.6) is 0 Å². The minimum absolute atomic E-state index is 0.0313. The molecule has 0 radical (unpaired) electrons. The topological polar surface area (TPSA) is 60.9 Å². The van der Waals surface area contributed by atoms with Crippen molar-refractivity contribution in [3.8, 4) is 0 Å². The molecule has 0 unspecified atom stereocenters. The summed E-state index contributed by atoms with van der Waals surface area (Å²) in [5.74, 6) is -0.0735. The van der Waals surface area contributed by atoms with Crippen LogP contribution >= 0.6 is 15.9 Å². The molecule has 0 spiro atoms. The molecule has 2 amide bonds. The summed E-state index contributed by atoms with van der Waals surface area (Å²) >= 11 is 3.44. The molecule has 4 rings (SSSR count). The highest BCUT2D eigenvalue weighted by Crippen LogP contribution is 2.43.